The van der Waals surface area contributed by atoms with Gasteiger partial charge >= 0.3 is 11.9 Å². The molecule has 1 saturated heterocycles. The van der Waals surface area contributed by atoms with E-state index in [1.54, 1.807) is 0 Å². The maximum atomic E-state index is 12.7. The van der Waals surface area contributed by atoms with E-state index in [1.807, 2.05) is 0 Å². The van der Waals surface area contributed by atoms with E-state index in [0.717, 1.165) is 64.2 Å². The second-order valence-corrected chi connectivity index (χ2v) is 14.8. The van der Waals surface area contributed by atoms with Crippen LogP contribution >= 0.6 is 0 Å². The van der Waals surface area contributed by atoms with Crippen molar-refractivity contribution in [3.63, 3.8) is 0 Å². The smallest absolute Gasteiger partial charge is 0.306 e. The molecule has 0 amide bonds. The maximum absolute atomic E-state index is 12.7. The molecule has 0 saturated carbocycles. The number of aliphatic hydroxyl groups excluding tert-OH is 4. The van der Waals surface area contributed by atoms with E-state index in [2.05, 4.69) is 38.2 Å². The van der Waals surface area contributed by atoms with E-state index in [-0.39, 0.29) is 32.0 Å². The van der Waals surface area contributed by atoms with Crippen molar-refractivity contribution in [3.05, 3.63) is 24.3 Å². The highest BCUT2D eigenvalue weighted by Gasteiger charge is 2.44. The standard InChI is InChI=1S/C43H78O10/c1-3-5-7-9-11-13-15-17-19-21-23-25-27-29-31-38(45)50-34-36(35-51-43-42(49)41(48)40(47)37(33-44)53-43)52-39(46)32-30-28-26-24-22-20-18-16-14-12-10-8-6-4-2/h10,12,16,18,36-37,40-44,47-49H,3-9,11,13-15,17,19-35H2,1-2H3/b12-10-,18-16-. The van der Waals surface area contributed by atoms with Crippen LogP contribution in [-0.2, 0) is 28.5 Å². The molecule has 6 atom stereocenters. The summed E-state index contributed by atoms with van der Waals surface area (Å²) in [6, 6.07) is 0. The summed E-state index contributed by atoms with van der Waals surface area (Å²) in [6.45, 7) is 3.37. The fourth-order valence-electron chi connectivity index (χ4n) is 6.38. The molecule has 0 aromatic heterocycles. The van der Waals surface area contributed by atoms with Crippen molar-refractivity contribution >= 4 is 11.9 Å². The number of carbonyl (C=O) groups is 2. The van der Waals surface area contributed by atoms with Gasteiger partial charge in [0.05, 0.1) is 13.2 Å². The zero-order chi connectivity index (χ0) is 38.8. The molecule has 6 unspecified atom stereocenters. The zero-order valence-corrected chi connectivity index (χ0v) is 33.5. The number of hydrogen-bond acceptors (Lipinski definition) is 10. The molecule has 1 rings (SSSR count). The van der Waals surface area contributed by atoms with E-state index in [0.29, 0.717) is 6.42 Å². The fourth-order valence-corrected chi connectivity index (χ4v) is 6.38. The quantitative estimate of drug-likeness (QED) is 0.0281. The number of carbonyl (C=O) groups excluding carboxylic acids is 2. The lowest BCUT2D eigenvalue weighted by molar-refractivity contribution is -0.305. The minimum atomic E-state index is -1.59. The van der Waals surface area contributed by atoms with E-state index >= 15 is 0 Å². The summed E-state index contributed by atoms with van der Waals surface area (Å²) in [4.78, 5) is 25.3. The molecule has 10 heteroatoms. The van der Waals surface area contributed by atoms with Crippen LogP contribution in [0.1, 0.15) is 181 Å². The van der Waals surface area contributed by atoms with Crippen molar-refractivity contribution in [2.75, 3.05) is 19.8 Å². The monoisotopic (exact) mass is 755 g/mol. The molecule has 0 aliphatic carbocycles. The Bertz CT molecular complexity index is 923. The van der Waals surface area contributed by atoms with Gasteiger partial charge in [-0.05, 0) is 38.5 Å². The van der Waals surface area contributed by atoms with Crippen LogP contribution in [0, 0.1) is 0 Å². The molecule has 0 radical (unpaired) electrons. The molecule has 10 nitrogen and oxygen atoms in total. The topological polar surface area (TPSA) is 152 Å². The van der Waals surface area contributed by atoms with Crippen LogP contribution < -0.4 is 0 Å². The molecular formula is C43H78O10. The number of rotatable bonds is 35. The summed E-state index contributed by atoms with van der Waals surface area (Å²) in [5, 5.41) is 40.0. The Morgan fingerprint density at radius 1 is 0.585 bits per heavy atom. The van der Waals surface area contributed by atoms with Crippen LogP contribution in [0.3, 0.4) is 0 Å². The molecule has 1 fully saturated rings. The summed E-state index contributed by atoms with van der Waals surface area (Å²) in [6.07, 6.45) is 28.9. The van der Waals surface area contributed by atoms with Gasteiger partial charge in [-0.1, -0.05) is 154 Å². The summed E-state index contributed by atoms with van der Waals surface area (Å²) < 4.78 is 22.1. The number of allylic oxidation sites excluding steroid dienone is 4. The van der Waals surface area contributed by atoms with Gasteiger partial charge in [-0.2, -0.15) is 0 Å². The number of hydrogen-bond donors (Lipinski definition) is 4. The first kappa shape index (κ1) is 49.2. The van der Waals surface area contributed by atoms with Gasteiger partial charge in [-0.25, -0.2) is 0 Å². The first-order valence-corrected chi connectivity index (χ1v) is 21.4. The van der Waals surface area contributed by atoms with Gasteiger partial charge in [-0.3, -0.25) is 9.59 Å². The summed E-state index contributed by atoms with van der Waals surface area (Å²) in [5.74, 6) is -0.818. The van der Waals surface area contributed by atoms with Crippen molar-refractivity contribution in [1.82, 2.24) is 0 Å². The van der Waals surface area contributed by atoms with Crippen LogP contribution in [0.4, 0.5) is 0 Å². The lowest BCUT2D eigenvalue weighted by Crippen LogP contribution is -2.59. The average molecular weight is 755 g/mol. The largest absolute Gasteiger partial charge is 0.462 e. The Balaban J connectivity index is 2.36. The summed E-state index contributed by atoms with van der Waals surface area (Å²) >= 11 is 0. The van der Waals surface area contributed by atoms with Crippen LogP contribution in [0.2, 0.25) is 0 Å². The Hall–Kier alpha value is -1.82. The van der Waals surface area contributed by atoms with Gasteiger partial charge in [0.2, 0.25) is 0 Å². The maximum Gasteiger partial charge on any atom is 0.306 e. The molecular weight excluding hydrogens is 676 g/mol. The molecule has 53 heavy (non-hydrogen) atoms. The van der Waals surface area contributed by atoms with E-state index in [1.165, 1.54) is 83.5 Å². The normalized spacial score (nSPS) is 21.1. The third-order valence-electron chi connectivity index (χ3n) is 9.84. The zero-order valence-electron chi connectivity index (χ0n) is 33.5. The third kappa shape index (κ3) is 26.6. The minimum Gasteiger partial charge on any atom is -0.462 e. The fraction of sp³-hybridized carbons (Fsp3) is 0.860. The van der Waals surface area contributed by atoms with Crippen LogP contribution in [0.15, 0.2) is 24.3 Å². The molecule has 1 heterocycles. The Kier molecular flexibility index (Phi) is 32.2. The second kappa shape index (κ2) is 34.7. The molecule has 1 aliphatic rings. The van der Waals surface area contributed by atoms with Gasteiger partial charge in [0.15, 0.2) is 12.4 Å². The summed E-state index contributed by atoms with van der Waals surface area (Å²) in [7, 11) is 0. The minimum absolute atomic E-state index is 0.216. The molecule has 0 spiro atoms. The van der Waals surface area contributed by atoms with Gasteiger partial charge in [0, 0.05) is 12.8 Å². The van der Waals surface area contributed by atoms with Gasteiger partial charge in [0.1, 0.15) is 31.0 Å². The number of aliphatic hydroxyl groups is 4. The van der Waals surface area contributed by atoms with Crippen LogP contribution in [0.25, 0.3) is 0 Å². The number of ether oxygens (including phenoxy) is 4. The van der Waals surface area contributed by atoms with Gasteiger partial charge in [-0.15, -0.1) is 0 Å². The Morgan fingerprint density at radius 2 is 1.08 bits per heavy atom. The van der Waals surface area contributed by atoms with Crippen molar-refractivity contribution < 1.29 is 49.0 Å². The van der Waals surface area contributed by atoms with E-state index in [4.69, 9.17) is 18.9 Å². The number of esters is 2. The van der Waals surface area contributed by atoms with Crippen molar-refractivity contribution in [3.8, 4) is 0 Å². The molecule has 0 aromatic rings. The SMILES string of the molecule is CCCC/C=C\C/C=C\CCCCCCCC(=O)OC(COC(=O)CCCCCCCCCCCCCCCC)COC1OC(CO)C(O)C(O)C1O. The predicted octanol–water partition coefficient (Wildman–Crippen LogP) is 8.55. The highest BCUT2D eigenvalue weighted by atomic mass is 16.7. The second-order valence-electron chi connectivity index (χ2n) is 14.8. The van der Waals surface area contributed by atoms with Crippen molar-refractivity contribution in [2.45, 2.75) is 218 Å². The molecule has 0 bridgehead atoms. The van der Waals surface area contributed by atoms with Gasteiger partial charge < -0.3 is 39.4 Å². The lowest BCUT2D eigenvalue weighted by atomic mass is 9.99. The third-order valence-corrected chi connectivity index (χ3v) is 9.84. The lowest BCUT2D eigenvalue weighted by Gasteiger charge is -2.39. The average Bonchev–Trinajstić information content (AvgIpc) is 3.15. The van der Waals surface area contributed by atoms with Crippen LogP contribution in [-0.4, -0.2) is 89.0 Å². The molecule has 310 valence electrons. The first-order chi connectivity index (χ1) is 25.8. The summed E-state index contributed by atoms with van der Waals surface area (Å²) in [5.41, 5.74) is 0. The van der Waals surface area contributed by atoms with E-state index in [9.17, 15) is 30.0 Å². The van der Waals surface area contributed by atoms with Crippen molar-refractivity contribution in [1.29, 1.82) is 0 Å². The first-order valence-electron chi connectivity index (χ1n) is 21.4. The van der Waals surface area contributed by atoms with E-state index < -0.39 is 49.4 Å². The van der Waals surface area contributed by atoms with Crippen LogP contribution in [0.5, 0.6) is 0 Å². The molecule has 1 aliphatic heterocycles. The predicted molar refractivity (Wildman–Crippen MR) is 210 cm³/mol. The van der Waals surface area contributed by atoms with Crippen molar-refractivity contribution in [2.24, 2.45) is 0 Å². The number of unbranched alkanes of at least 4 members (excludes halogenated alkanes) is 20. The molecule has 0 aromatic carbocycles. The molecule has 4 N–H and O–H groups in total. The van der Waals surface area contributed by atoms with Gasteiger partial charge in [0.25, 0.3) is 0 Å². The highest BCUT2D eigenvalue weighted by Crippen LogP contribution is 2.22. The Morgan fingerprint density at radius 3 is 1.62 bits per heavy atom. The Labute approximate surface area is 322 Å². The highest BCUT2D eigenvalue weighted by molar-refractivity contribution is 5.70.